The molecule has 0 unspecified atom stereocenters. The number of hydrogen-bond donors (Lipinski definition) is 1. The minimum absolute atomic E-state index is 0.522. The van der Waals surface area contributed by atoms with E-state index >= 15 is 0 Å². The number of aryl methyl sites for hydroxylation is 2. The second kappa shape index (κ2) is 8.26. The predicted octanol–water partition coefficient (Wildman–Crippen LogP) is 3.71. The Morgan fingerprint density at radius 2 is 1.52 bits per heavy atom. The largest absolute Gasteiger partial charge is 0.360 e. The molecule has 1 fully saturated rings. The van der Waals surface area contributed by atoms with Gasteiger partial charge >= 0.3 is 0 Å². The van der Waals surface area contributed by atoms with Crippen molar-refractivity contribution in [2.75, 3.05) is 31.1 Å². The molecule has 0 aliphatic carbocycles. The van der Waals surface area contributed by atoms with E-state index in [9.17, 15) is 4.79 Å². The third kappa shape index (κ3) is 4.24. The van der Waals surface area contributed by atoms with Crippen LogP contribution in [0, 0.1) is 13.8 Å². The van der Waals surface area contributed by atoms with Gasteiger partial charge in [-0.05, 0) is 55.5 Å². The van der Waals surface area contributed by atoms with E-state index < -0.39 is 0 Å². The molecule has 1 aliphatic heterocycles. The van der Waals surface area contributed by atoms with Gasteiger partial charge in [-0.3, -0.25) is 4.79 Å². The topological polar surface area (TPSA) is 24.8 Å². The van der Waals surface area contributed by atoms with Crippen molar-refractivity contribution in [2.45, 2.75) is 46.6 Å². The third-order valence-corrected chi connectivity index (χ3v) is 6.17. The molecule has 3 nitrogen and oxygen atoms in total. The van der Waals surface area contributed by atoms with Gasteiger partial charge in [0.1, 0.15) is 12.3 Å². The summed E-state index contributed by atoms with van der Waals surface area (Å²) in [6.07, 6.45) is 0.959. The van der Waals surface area contributed by atoms with Gasteiger partial charge in [0.25, 0.3) is 0 Å². The summed E-state index contributed by atoms with van der Waals surface area (Å²) in [6.45, 7) is 15.4. The molecule has 1 heterocycles. The summed E-state index contributed by atoms with van der Waals surface area (Å²) in [5.41, 5.74) is 7.20. The Balaban J connectivity index is 1.66. The number of piperazine rings is 1. The SMILES string of the molecule is Cc1cc(N2CC[NH+]([C@@H](C)c3ccc(C(C)C)cc3)CC2)c(C)cc1C=O. The monoisotopic (exact) mass is 365 g/mol. The number of nitrogens with zero attached hydrogens (tertiary/aromatic N) is 1. The van der Waals surface area contributed by atoms with E-state index in [2.05, 4.69) is 62.9 Å². The Hall–Kier alpha value is -2.13. The molecule has 2 aromatic carbocycles. The van der Waals surface area contributed by atoms with E-state index in [1.807, 2.05) is 13.0 Å². The third-order valence-electron chi connectivity index (χ3n) is 6.17. The van der Waals surface area contributed by atoms with Crippen LogP contribution in [0.2, 0.25) is 0 Å². The molecule has 144 valence electrons. The predicted molar refractivity (Wildman–Crippen MR) is 113 cm³/mol. The highest BCUT2D eigenvalue weighted by molar-refractivity contribution is 5.79. The van der Waals surface area contributed by atoms with Gasteiger partial charge in [-0.2, -0.15) is 0 Å². The summed E-state index contributed by atoms with van der Waals surface area (Å²) >= 11 is 0. The second-order valence-corrected chi connectivity index (χ2v) is 8.30. The molecule has 1 atom stereocenters. The average molecular weight is 366 g/mol. The molecule has 3 rings (SSSR count). The van der Waals surface area contributed by atoms with Gasteiger partial charge in [-0.25, -0.2) is 0 Å². The number of rotatable bonds is 5. The fourth-order valence-electron chi connectivity index (χ4n) is 4.16. The molecule has 3 heteroatoms. The standard InChI is InChI=1S/C24H32N2O/c1-17(2)21-6-8-22(9-7-21)20(5)25-10-12-26(13-11-25)24-15-18(3)23(16-27)14-19(24)4/h6-9,14-17,20H,10-13H2,1-5H3/p+1/t20-/m0/s1. The van der Waals surface area contributed by atoms with Gasteiger partial charge in [-0.15, -0.1) is 0 Å². The Morgan fingerprint density at radius 1 is 0.926 bits per heavy atom. The van der Waals surface area contributed by atoms with E-state index in [0.29, 0.717) is 12.0 Å². The van der Waals surface area contributed by atoms with E-state index in [-0.39, 0.29) is 0 Å². The highest BCUT2D eigenvalue weighted by Gasteiger charge is 2.26. The van der Waals surface area contributed by atoms with Gasteiger partial charge < -0.3 is 9.80 Å². The number of carbonyl (C=O) groups excluding carboxylic acids is 1. The summed E-state index contributed by atoms with van der Waals surface area (Å²) in [5.74, 6) is 0.586. The van der Waals surface area contributed by atoms with Crippen LogP contribution >= 0.6 is 0 Å². The first-order chi connectivity index (χ1) is 12.9. The maximum Gasteiger partial charge on any atom is 0.150 e. The van der Waals surface area contributed by atoms with E-state index in [1.54, 1.807) is 4.90 Å². The molecular weight excluding hydrogens is 332 g/mol. The highest BCUT2D eigenvalue weighted by atomic mass is 16.1. The molecule has 0 spiro atoms. The number of hydrogen-bond acceptors (Lipinski definition) is 2. The average Bonchev–Trinajstić information content (AvgIpc) is 2.69. The van der Waals surface area contributed by atoms with Crippen molar-refractivity contribution < 1.29 is 9.69 Å². The molecule has 0 aromatic heterocycles. The number of carbonyl (C=O) groups is 1. The van der Waals surface area contributed by atoms with E-state index in [4.69, 9.17) is 0 Å². The zero-order valence-electron chi connectivity index (χ0n) is 17.4. The van der Waals surface area contributed by atoms with Crippen molar-refractivity contribution >= 4 is 12.0 Å². The van der Waals surface area contributed by atoms with Crippen LogP contribution in [-0.4, -0.2) is 32.5 Å². The smallest absolute Gasteiger partial charge is 0.150 e. The fraction of sp³-hybridized carbons (Fsp3) is 0.458. The molecule has 2 aromatic rings. The number of benzene rings is 2. The summed E-state index contributed by atoms with van der Waals surface area (Å²) in [4.78, 5) is 15.3. The van der Waals surface area contributed by atoms with Crippen molar-refractivity contribution in [3.05, 3.63) is 64.2 Å². The van der Waals surface area contributed by atoms with Crippen molar-refractivity contribution in [1.82, 2.24) is 0 Å². The maximum atomic E-state index is 11.2. The Kier molecular flexibility index (Phi) is 6.01. The van der Waals surface area contributed by atoms with Gasteiger partial charge in [0.15, 0.2) is 0 Å². The Labute approximate surface area is 164 Å². The normalized spacial score (nSPS) is 16.6. The van der Waals surface area contributed by atoms with E-state index in [0.717, 1.165) is 43.6 Å². The van der Waals surface area contributed by atoms with Gasteiger partial charge in [-0.1, -0.05) is 38.1 Å². The van der Waals surface area contributed by atoms with Crippen LogP contribution in [0.15, 0.2) is 36.4 Å². The molecule has 0 saturated carbocycles. The minimum atomic E-state index is 0.522. The van der Waals surface area contributed by atoms with Crippen molar-refractivity contribution in [2.24, 2.45) is 0 Å². The van der Waals surface area contributed by atoms with Crippen LogP contribution in [-0.2, 0) is 0 Å². The van der Waals surface area contributed by atoms with Crippen LogP contribution in [0.25, 0.3) is 0 Å². The number of quaternary nitrogens is 1. The lowest BCUT2D eigenvalue weighted by Gasteiger charge is -2.37. The van der Waals surface area contributed by atoms with Gasteiger partial charge in [0.05, 0.1) is 26.2 Å². The fourth-order valence-corrected chi connectivity index (χ4v) is 4.16. The molecule has 1 saturated heterocycles. The number of nitrogens with one attached hydrogen (secondary N) is 1. The van der Waals surface area contributed by atoms with Crippen LogP contribution < -0.4 is 9.80 Å². The first-order valence-corrected chi connectivity index (χ1v) is 10.2. The lowest BCUT2D eigenvalue weighted by Crippen LogP contribution is -3.14. The molecule has 1 aliphatic rings. The molecule has 0 amide bonds. The number of aldehydes is 1. The van der Waals surface area contributed by atoms with Crippen LogP contribution in [0.5, 0.6) is 0 Å². The summed E-state index contributed by atoms with van der Waals surface area (Å²) in [5, 5.41) is 0. The first-order valence-electron chi connectivity index (χ1n) is 10.2. The molecule has 1 N–H and O–H groups in total. The quantitative estimate of drug-likeness (QED) is 0.817. The van der Waals surface area contributed by atoms with Gasteiger partial charge in [0.2, 0.25) is 0 Å². The molecule has 0 radical (unpaired) electrons. The Bertz CT molecular complexity index is 787. The summed E-state index contributed by atoms with van der Waals surface area (Å²) in [7, 11) is 0. The van der Waals surface area contributed by atoms with Crippen LogP contribution in [0.3, 0.4) is 0 Å². The zero-order valence-corrected chi connectivity index (χ0v) is 17.4. The summed E-state index contributed by atoms with van der Waals surface area (Å²) < 4.78 is 0. The van der Waals surface area contributed by atoms with E-state index in [1.165, 1.54) is 22.4 Å². The van der Waals surface area contributed by atoms with Gasteiger partial charge in [0, 0.05) is 16.8 Å². The first kappa shape index (κ1) is 19.6. The van der Waals surface area contributed by atoms with Crippen molar-refractivity contribution in [3.63, 3.8) is 0 Å². The maximum absolute atomic E-state index is 11.2. The molecular formula is C24H33N2O+. The van der Waals surface area contributed by atoms with Crippen molar-refractivity contribution in [1.29, 1.82) is 0 Å². The molecule has 0 bridgehead atoms. The summed E-state index contributed by atoms with van der Waals surface area (Å²) in [6, 6.07) is 13.9. The van der Waals surface area contributed by atoms with Crippen LogP contribution in [0.4, 0.5) is 5.69 Å². The highest BCUT2D eigenvalue weighted by Crippen LogP contribution is 2.24. The van der Waals surface area contributed by atoms with Crippen molar-refractivity contribution in [3.8, 4) is 0 Å². The Morgan fingerprint density at radius 3 is 2.07 bits per heavy atom. The molecule has 27 heavy (non-hydrogen) atoms. The number of anilines is 1. The lowest BCUT2D eigenvalue weighted by molar-refractivity contribution is -0.930. The minimum Gasteiger partial charge on any atom is -0.360 e. The zero-order chi connectivity index (χ0) is 19.6. The lowest BCUT2D eigenvalue weighted by atomic mass is 9.98. The second-order valence-electron chi connectivity index (χ2n) is 8.30. The van der Waals surface area contributed by atoms with Crippen LogP contribution in [0.1, 0.15) is 65.3 Å².